The molecule has 2 fully saturated rings. The predicted octanol–water partition coefficient (Wildman–Crippen LogP) is 1.72. The second-order valence-electron chi connectivity index (χ2n) is 6.33. The zero-order valence-electron chi connectivity index (χ0n) is 11.7. The lowest BCUT2D eigenvalue weighted by atomic mass is 9.56. The van der Waals surface area contributed by atoms with E-state index >= 15 is 0 Å². The lowest BCUT2D eigenvalue weighted by molar-refractivity contribution is -0.143. The molecular weight excluding hydrogens is 256 g/mol. The maximum atomic E-state index is 12.0. The summed E-state index contributed by atoms with van der Waals surface area (Å²) >= 11 is 0. The van der Waals surface area contributed by atoms with Crippen molar-refractivity contribution in [3.63, 3.8) is 0 Å². The van der Waals surface area contributed by atoms with Crippen molar-refractivity contribution < 1.29 is 19.1 Å². The fourth-order valence-corrected chi connectivity index (χ4v) is 5.35. The van der Waals surface area contributed by atoms with Crippen LogP contribution in [-0.2, 0) is 19.1 Å². The van der Waals surface area contributed by atoms with E-state index in [0.717, 1.165) is 12.8 Å². The van der Waals surface area contributed by atoms with Crippen LogP contribution < -0.4 is 0 Å². The Kier molecular flexibility index (Phi) is 2.41. The van der Waals surface area contributed by atoms with E-state index in [-0.39, 0.29) is 23.8 Å². The molecule has 0 saturated heterocycles. The van der Waals surface area contributed by atoms with Gasteiger partial charge >= 0.3 is 11.9 Å². The fourth-order valence-electron chi connectivity index (χ4n) is 5.35. The molecule has 4 heteroatoms. The molecule has 106 valence electrons. The van der Waals surface area contributed by atoms with Crippen molar-refractivity contribution in [2.24, 2.45) is 35.5 Å². The van der Waals surface area contributed by atoms with Crippen LogP contribution in [0.25, 0.3) is 0 Å². The lowest BCUT2D eigenvalue weighted by Gasteiger charge is -2.46. The SMILES string of the molecule is COC(=O)C1=C(C(=O)OC)C2C3CC(C4C=CCC43)C12. The molecule has 0 amide bonds. The van der Waals surface area contributed by atoms with Crippen molar-refractivity contribution in [3.05, 3.63) is 23.3 Å². The standard InChI is InChI=1S/C16H18O4/c1-19-15(17)13-11-9-6-10(8-5-3-4-7(8)9)12(11)14(13)16(18)20-2/h3-4,7-12H,5-6H2,1-2H3. The summed E-state index contributed by atoms with van der Waals surface area (Å²) in [5.74, 6) is 2.05. The Morgan fingerprint density at radius 1 is 1.00 bits per heavy atom. The van der Waals surface area contributed by atoms with Gasteiger partial charge in [-0.25, -0.2) is 9.59 Å². The third kappa shape index (κ3) is 1.23. The summed E-state index contributed by atoms with van der Waals surface area (Å²) in [5.41, 5.74) is 1.19. The van der Waals surface area contributed by atoms with E-state index in [4.69, 9.17) is 9.47 Å². The largest absolute Gasteiger partial charge is 0.466 e. The molecule has 0 radical (unpaired) electrons. The van der Waals surface area contributed by atoms with Crippen LogP contribution in [0, 0.1) is 35.5 Å². The third-order valence-corrected chi connectivity index (χ3v) is 5.93. The summed E-state index contributed by atoms with van der Waals surface area (Å²) in [6.45, 7) is 0. The van der Waals surface area contributed by atoms with E-state index in [0.29, 0.717) is 34.8 Å². The first-order valence-electron chi connectivity index (χ1n) is 7.26. The highest BCUT2D eigenvalue weighted by atomic mass is 16.5. The molecule has 0 heterocycles. The minimum Gasteiger partial charge on any atom is -0.466 e. The molecule has 6 atom stereocenters. The number of hydrogen-bond donors (Lipinski definition) is 0. The van der Waals surface area contributed by atoms with E-state index < -0.39 is 0 Å². The smallest absolute Gasteiger partial charge is 0.334 e. The van der Waals surface area contributed by atoms with Gasteiger partial charge in [-0.3, -0.25) is 0 Å². The molecule has 6 unspecified atom stereocenters. The highest BCUT2D eigenvalue weighted by molar-refractivity contribution is 6.04. The van der Waals surface area contributed by atoms with Gasteiger partial charge in [0.15, 0.2) is 0 Å². The lowest BCUT2D eigenvalue weighted by Crippen LogP contribution is -2.46. The minimum atomic E-state index is -0.349. The van der Waals surface area contributed by atoms with Gasteiger partial charge in [0.05, 0.1) is 25.4 Å². The van der Waals surface area contributed by atoms with Gasteiger partial charge in [0, 0.05) is 11.8 Å². The Hall–Kier alpha value is -1.58. The minimum absolute atomic E-state index is 0.213. The van der Waals surface area contributed by atoms with Gasteiger partial charge in [0.2, 0.25) is 0 Å². The summed E-state index contributed by atoms with van der Waals surface area (Å²) in [6, 6.07) is 0. The topological polar surface area (TPSA) is 52.6 Å². The Morgan fingerprint density at radius 3 is 2.20 bits per heavy atom. The monoisotopic (exact) mass is 274 g/mol. The van der Waals surface area contributed by atoms with E-state index in [2.05, 4.69) is 12.2 Å². The van der Waals surface area contributed by atoms with E-state index in [1.165, 1.54) is 14.2 Å². The fraction of sp³-hybridized carbons (Fsp3) is 0.625. The Bertz CT molecular complexity index is 559. The van der Waals surface area contributed by atoms with Crippen LogP contribution in [0.3, 0.4) is 0 Å². The number of carbonyl (C=O) groups is 2. The molecule has 4 aliphatic carbocycles. The predicted molar refractivity (Wildman–Crippen MR) is 70.4 cm³/mol. The quantitative estimate of drug-likeness (QED) is 0.568. The number of methoxy groups -OCH3 is 2. The molecule has 4 nitrogen and oxygen atoms in total. The van der Waals surface area contributed by atoms with Crippen LogP contribution >= 0.6 is 0 Å². The molecule has 0 aliphatic heterocycles. The van der Waals surface area contributed by atoms with Crippen LogP contribution in [0.2, 0.25) is 0 Å². The zero-order chi connectivity index (χ0) is 14.0. The normalized spacial score (nSPS) is 43.1. The molecule has 0 aromatic rings. The van der Waals surface area contributed by atoms with Gasteiger partial charge in [-0.15, -0.1) is 0 Å². The van der Waals surface area contributed by atoms with E-state index in [1.807, 2.05) is 0 Å². The van der Waals surface area contributed by atoms with Crippen molar-refractivity contribution in [2.75, 3.05) is 14.2 Å². The van der Waals surface area contributed by atoms with Crippen molar-refractivity contribution in [3.8, 4) is 0 Å². The zero-order valence-corrected chi connectivity index (χ0v) is 11.7. The van der Waals surface area contributed by atoms with Crippen molar-refractivity contribution >= 4 is 11.9 Å². The second kappa shape index (κ2) is 3.96. The maximum absolute atomic E-state index is 12.0. The first kappa shape index (κ1) is 12.2. The van der Waals surface area contributed by atoms with Crippen LogP contribution in [-0.4, -0.2) is 26.2 Å². The molecule has 0 aromatic heterocycles. The molecular formula is C16H18O4. The average molecular weight is 274 g/mol. The molecule has 4 rings (SSSR count). The van der Waals surface area contributed by atoms with Crippen LogP contribution in [0.5, 0.6) is 0 Å². The summed E-state index contributed by atoms with van der Waals surface area (Å²) in [7, 11) is 2.76. The summed E-state index contributed by atoms with van der Waals surface area (Å²) in [6.07, 6.45) is 6.83. The Morgan fingerprint density at radius 2 is 1.60 bits per heavy atom. The summed E-state index contributed by atoms with van der Waals surface area (Å²) in [4.78, 5) is 24.1. The van der Waals surface area contributed by atoms with Crippen molar-refractivity contribution in [1.82, 2.24) is 0 Å². The number of allylic oxidation sites excluding steroid dienone is 2. The third-order valence-electron chi connectivity index (χ3n) is 5.93. The van der Waals surface area contributed by atoms with Crippen molar-refractivity contribution in [2.45, 2.75) is 12.8 Å². The van der Waals surface area contributed by atoms with Gasteiger partial charge in [0.25, 0.3) is 0 Å². The van der Waals surface area contributed by atoms with Crippen LogP contribution in [0.15, 0.2) is 23.3 Å². The first-order valence-corrected chi connectivity index (χ1v) is 7.26. The van der Waals surface area contributed by atoms with Gasteiger partial charge < -0.3 is 9.47 Å². The maximum Gasteiger partial charge on any atom is 0.334 e. The highest BCUT2D eigenvalue weighted by Gasteiger charge is 2.66. The van der Waals surface area contributed by atoms with Gasteiger partial charge in [0.1, 0.15) is 0 Å². The average Bonchev–Trinajstić information content (AvgIpc) is 3.08. The van der Waals surface area contributed by atoms with Gasteiger partial charge in [-0.05, 0) is 36.5 Å². The Labute approximate surface area is 117 Å². The molecule has 2 bridgehead atoms. The number of esters is 2. The van der Waals surface area contributed by atoms with E-state index in [9.17, 15) is 9.59 Å². The van der Waals surface area contributed by atoms with E-state index in [1.54, 1.807) is 0 Å². The molecule has 2 saturated carbocycles. The summed E-state index contributed by atoms with van der Waals surface area (Å²) < 4.78 is 9.77. The van der Waals surface area contributed by atoms with Gasteiger partial charge in [-0.2, -0.15) is 0 Å². The summed E-state index contributed by atoms with van der Waals surface area (Å²) in [5, 5.41) is 0. The number of fused-ring (bicyclic) bond motifs is 8. The van der Waals surface area contributed by atoms with Crippen molar-refractivity contribution in [1.29, 1.82) is 0 Å². The van der Waals surface area contributed by atoms with Crippen LogP contribution in [0.1, 0.15) is 12.8 Å². The van der Waals surface area contributed by atoms with Gasteiger partial charge in [-0.1, -0.05) is 12.2 Å². The number of hydrogen-bond acceptors (Lipinski definition) is 4. The highest BCUT2D eigenvalue weighted by Crippen LogP contribution is 2.69. The van der Waals surface area contributed by atoms with Crippen LogP contribution in [0.4, 0.5) is 0 Å². The molecule has 0 N–H and O–H groups in total. The first-order chi connectivity index (χ1) is 9.69. The number of carbonyl (C=O) groups excluding carboxylic acids is 2. The molecule has 0 spiro atoms. The second-order valence-corrected chi connectivity index (χ2v) is 6.33. The number of ether oxygens (including phenoxy) is 2. The molecule has 20 heavy (non-hydrogen) atoms. The number of rotatable bonds is 2. The molecule has 0 aromatic carbocycles. The Balaban J connectivity index is 1.76. The molecule has 4 aliphatic rings.